The summed E-state index contributed by atoms with van der Waals surface area (Å²) in [6.07, 6.45) is 0.783. The molecule has 0 aromatic heterocycles. The highest BCUT2D eigenvalue weighted by molar-refractivity contribution is 5.95. The highest BCUT2D eigenvalue weighted by atomic mass is 16.2. The molecule has 0 radical (unpaired) electrons. The Hall–Kier alpha value is -2.41. The van der Waals surface area contributed by atoms with Crippen LogP contribution in [-0.2, 0) is 9.59 Å². The van der Waals surface area contributed by atoms with E-state index in [-0.39, 0.29) is 25.0 Å². The van der Waals surface area contributed by atoms with Gasteiger partial charge in [0, 0.05) is 11.7 Å². The van der Waals surface area contributed by atoms with Gasteiger partial charge in [-0.15, -0.1) is 0 Å². The molecule has 1 unspecified atom stereocenters. The number of rotatable bonds is 7. The minimum Gasteiger partial charge on any atom is -0.335 e. The minimum absolute atomic E-state index is 0.000932. The highest BCUT2D eigenvalue weighted by Gasteiger charge is 2.17. The zero-order valence-corrected chi connectivity index (χ0v) is 15.7. The number of hydrogen-bond acceptors (Lipinski definition) is 3. The number of aryl methyl sites for hydroxylation is 2. The Kier molecular flexibility index (Phi) is 8.07. The topological polar surface area (TPSA) is 91.7 Å². The van der Waals surface area contributed by atoms with E-state index in [0.29, 0.717) is 4.90 Å². The molecule has 25 heavy (non-hydrogen) atoms. The number of nitrogens with one attached hydrogen (secondary N) is 4. The first-order valence-corrected chi connectivity index (χ1v) is 8.50. The van der Waals surface area contributed by atoms with E-state index in [0.717, 1.165) is 23.2 Å². The molecule has 0 aliphatic carbocycles. The van der Waals surface area contributed by atoms with Gasteiger partial charge < -0.3 is 15.5 Å². The Morgan fingerprint density at radius 3 is 2.20 bits per heavy atom. The van der Waals surface area contributed by atoms with Gasteiger partial charge >= 0.3 is 6.03 Å². The number of imide groups is 1. The monoisotopic (exact) mass is 349 g/mol. The van der Waals surface area contributed by atoms with Crippen molar-refractivity contribution in [2.45, 2.75) is 40.2 Å². The van der Waals surface area contributed by atoms with Gasteiger partial charge in [-0.05, 0) is 38.3 Å². The molecule has 1 aromatic rings. The molecule has 7 heteroatoms. The van der Waals surface area contributed by atoms with Crippen molar-refractivity contribution in [1.29, 1.82) is 0 Å². The minimum atomic E-state index is -0.507. The third-order valence-corrected chi connectivity index (χ3v) is 3.91. The lowest BCUT2D eigenvalue weighted by atomic mass is 10.1. The van der Waals surface area contributed by atoms with Crippen molar-refractivity contribution in [2.24, 2.45) is 0 Å². The predicted molar refractivity (Wildman–Crippen MR) is 97.6 cm³/mol. The maximum Gasteiger partial charge on any atom is 0.321 e. The van der Waals surface area contributed by atoms with Gasteiger partial charge in [0.1, 0.15) is 0 Å². The van der Waals surface area contributed by atoms with Crippen LogP contribution in [0.5, 0.6) is 0 Å². The van der Waals surface area contributed by atoms with Crippen molar-refractivity contribution < 1.29 is 19.3 Å². The van der Waals surface area contributed by atoms with Crippen LogP contribution in [0.2, 0.25) is 0 Å². The molecular formula is C18H29N4O3+. The van der Waals surface area contributed by atoms with Crippen molar-refractivity contribution in [3.8, 4) is 0 Å². The van der Waals surface area contributed by atoms with E-state index in [2.05, 4.69) is 16.0 Å². The number of urea groups is 1. The second-order valence-corrected chi connectivity index (χ2v) is 6.46. The Labute approximate surface area is 149 Å². The van der Waals surface area contributed by atoms with Crippen molar-refractivity contribution in [3.05, 3.63) is 29.3 Å². The Balaban J connectivity index is 2.45. The number of carbonyl (C=O) groups is 3. The fourth-order valence-corrected chi connectivity index (χ4v) is 2.34. The van der Waals surface area contributed by atoms with Crippen LogP contribution in [0, 0.1) is 13.8 Å². The standard InChI is InChI=1S/C18H28N4O3/c1-6-14(4)19-18(25)21-16(24)11-22(5)10-15(23)20-17-12(2)8-7-9-13(17)3/h7-9,14H,6,10-11H2,1-5H3,(H,20,23)(H2,19,21,24,25)/p+1/t14-/m0/s1. The lowest BCUT2D eigenvalue weighted by molar-refractivity contribution is -0.862. The predicted octanol–water partition coefficient (Wildman–Crippen LogP) is 0.381. The molecule has 4 N–H and O–H groups in total. The third kappa shape index (κ3) is 7.34. The summed E-state index contributed by atoms with van der Waals surface area (Å²) in [5.74, 6) is -0.593. The van der Waals surface area contributed by atoms with Gasteiger partial charge in [-0.2, -0.15) is 0 Å². The van der Waals surface area contributed by atoms with E-state index >= 15 is 0 Å². The fourth-order valence-electron chi connectivity index (χ4n) is 2.34. The second kappa shape index (κ2) is 9.78. The van der Waals surface area contributed by atoms with Crippen LogP contribution in [0.1, 0.15) is 31.4 Å². The number of hydrogen-bond donors (Lipinski definition) is 4. The Morgan fingerprint density at radius 1 is 1.08 bits per heavy atom. The quantitative estimate of drug-likeness (QED) is 0.574. The first-order chi connectivity index (χ1) is 11.7. The van der Waals surface area contributed by atoms with E-state index in [9.17, 15) is 14.4 Å². The van der Waals surface area contributed by atoms with E-state index in [4.69, 9.17) is 0 Å². The molecule has 1 aromatic carbocycles. The summed E-state index contributed by atoms with van der Waals surface area (Å²) in [4.78, 5) is 36.3. The maximum atomic E-state index is 12.2. The van der Waals surface area contributed by atoms with Crippen molar-refractivity contribution >= 4 is 23.5 Å². The smallest absolute Gasteiger partial charge is 0.321 e. The molecule has 4 amide bonds. The van der Waals surface area contributed by atoms with Crippen LogP contribution in [0.25, 0.3) is 0 Å². The summed E-state index contributed by atoms with van der Waals surface area (Å²) < 4.78 is 0. The molecule has 0 spiro atoms. The van der Waals surface area contributed by atoms with Crippen LogP contribution in [-0.4, -0.2) is 44.0 Å². The van der Waals surface area contributed by atoms with Gasteiger partial charge in [0.2, 0.25) is 0 Å². The number of amides is 4. The van der Waals surface area contributed by atoms with Gasteiger partial charge in [-0.1, -0.05) is 25.1 Å². The number of quaternary nitrogens is 1. The lowest BCUT2D eigenvalue weighted by Crippen LogP contribution is -3.11. The summed E-state index contributed by atoms with van der Waals surface area (Å²) in [7, 11) is 1.73. The zero-order chi connectivity index (χ0) is 19.0. The molecule has 0 saturated heterocycles. The van der Waals surface area contributed by atoms with Crippen LogP contribution < -0.4 is 20.9 Å². The second-order valence-electron chi connectivity index (χ2n) is 6.46. The zero-order valence-electron chi connectivity index (χ0n) is 15.7. The van der Waals surface area contributed by atoms with Gasteiger partial charge in [0.15, 0.2) is 13.1 Å². The first-order valence-electron chi connectivity index (χ1n) is 8.50. The van der Waals surface area contributed by atoms with Crippen LogP contribution in [0.3, 0.4) is 0 Å². The summed E-state index contributed by atoms with van der Waals surface area (Å²) in [6.45, 7) is 7.84. The summed E-state index contributed by atoms with van der Waals surface area (Å²) in [6, 6.07) is 5.30. The van der Waals surface area contributed by atoms with E-state index in [1.54, 1.807) is 7.05 Å². The number of para-hydroxylation sites is 1. The fraction of sp³-hybridized carbons (Fsp3) is 0.500. The van der Waals surface area contributed by atoms with E-state index in [1.807, 2.05) is 45.9 Å². The van der Waals surface area contributed by atoms with Crippen LogP contribution in [0.4, 0.5) is 10.5 Å². The molecule has 0 aliphatic heterocycles. The first kappa shape index (κ1) is 20.6. The normalized spacial score (nSPS) is 12.8. The molecule has 0 bridgehead atoms. The number of carbonyl (C=O) groups excluding carboxylic acids is 3. The van der Waals surface area contributed by atoms with E-state index < -0.39 is 11.9 Å². The summed E-state index contributed by atoms with van der Waals surface area (Å²) >= 11 is 0. The molecule has 0 fully saturated rings. The molecule has 2 atom stereocenters. The van der Waals surface area contributed by atoms with Crippen molar-refractivity contribution in [2.75, 3.05) is 25.5 Å². The molecule has 138 valence electrons. The summed E-state index contributed by atoms with van der Waals surface area (Å²) in [5, 5.41) is 7.82. The van der Waals surface area contributed by atoms with Gasteiger partial charge in [0.25, 0.3) is 11.8 Å². The number of likely N-dealkylation sites (N-methyl/N-ethyl adjacent to an activating group) is 1. The Bertz CT molecular complexity index is 610. The van der Waals surface area contributed by atoms with Gasteiger partial charge in [0.05, 0.1) is 7.05 Å². The summed E-state index contributed by atoms with van der Waals surface area (Å²) in [5.41, 5.74) is 2.79. The Morgan fingerprint density at radius 2 is 1.64 bits per heavy atom. The van der Waals surface area contributed by atoms with Crippen LogP contribution >= 0.6 is 0 Å². The molecular weight excluding hydrogens is 320 g/mol. The number of anilines is 1. The maximum absolute atomic E-state index is 12.2. The average Bonchev–Trinajstić information content (AvgIpc) is 2.50. The number of benzene rings is 1. The van der Waals surface area contributed by atoms with Crippen molar-refractivity contribution in [3.63, 3.8) is 0 Å². The lowest BCUT2D eigenvalue weighted by Gasteiger charge is -2.16. The molecule has 0 aliphatic rings. The molecule has 0 heterocycles. The van der Waals surface area contributed by atoms with Gasteiger partial charge in [-0.3, -0.25) is 14.9 Å². The average molecular weight is 349 g/mol. The molecule has 0 saturated carbocycles. The van der Waals surface area contributed by atoms with Crippen molar-refractivity contribution in [1.82, 2.24) is 10.6 Å². The molecule has 1 rings (SSSR count). The largest absolute Gasteiger partial charge is 0.335 e. The van der Waals surface area contributed by atoms with E-state index in [1.165, 1.54) is 0 Å². The molecule has 7 nitrogen and oxygen atoms in total. The van der Waals surface area contributed by atoms with Crippen LogP contribution in [0.15, 0.2) is 18.2 Å². The third-order valence-electron chi connectivity index (χ3n) is 3.91. The van der Waals surface area contributed by atoms with Gasteiger partial charge in [-0.25, -0.2) is 4.79 Å². The highest BCUT2D eigenvalue weighted by Crippen LogP contribution is 2.18. The SMILES string of the molecule is CC[C@H](C)NC(=O)NC(=O)C[NH+](C)CC(=O)Nc1c(C)cccc1C.